The third kappa shape index (κ3) is 2.65. The molecule has 3 saturated carbocycles. The Kier molecular flexibility index (Phi) is 3.66. The number of hydrogen-bond donors (Lipinski definition) is 1. The normalized spacial score (nSPS) is 39.0. The highest BCUT2D eigenvalue weighted by Crippen LogP contribution is 2.51. The van der Waals surface area contributed by atoms with E-state index in [2.05, 4.69) is 0 Å². The molecule has 0 radical (unpaired) electrons. The average Bonchev–Trinajstić information content (AvgIpc) is 3.44. The Labute approximate surface area is 132 Å². The first-order valence-electron chi connectivity index (χ1n) is 9.16. The molecule has 0 aromatic rings. The van der Waals surface area contributed by atoms with Crippen molar-refractivity contribution in [3.05, 3.63) is 0 Å². The standard InChI is InChI=1S/C18H27NO3/c20-17(14-8-13(14)11-4-2-1-3-5-11)19-9-15(12-6-7-12)16(10-19)18(21)22/h11-16H,1-10H2,(H,21,22)/t13?,14?,15-,16+/m1/s1. The van der Waals surface area contributed by atoms with Crippen molar-refractivity contribution in [3.63, 3.8) is 0 Å². The fraction of sp³-hybridized carbons (Fsp3) is 0.889. The zero-order chi connectivity index (χ0) is 15.3. The van der Waals surface area contributed by atoms with Gasteiger partial charge in [-0.05, 0) is 42.9 Å². The molecule has 22 heavy (non-hydrogen) atoms. The molecular weight excluding hydrogens is 278 g/mol. The fourth-order valence-electron chi connectivity index (χ4n) is 5.09. The van der Waals surface area contributed by atoms with Gasteiger partial charge in [0, 0.05) is 19.0 Å². The number of amides is 1. The first kappa shape index (κ1) is 14.5. The molecule has 4 heteroatoms. The maximum atomic E-state index is 12.8. The number of carbonyl (C=O) groups excluding carboxylic acids is 1. The van der Waals surface area contributed by atoms with Crippen LogP contribution >= 0.6 is 0 Å². The van der Waals surface area contributed by atoms with E-state index in [1.807, 2.05) is 4.90 Å². The highest BCUT2D eigenvalue weighted by molar-refractivity contribution is 5.83. The monoisotopic (exact) mass is 305 g/mol. The maximum Gasteiger partial charge on any atom is 0.308 e. The Morgan fingerprint density at radius 1 is 0.818 bits per heavy atom. The highest BCUT2D eigenvalue weighted by Gasteiger charge is 2.53. The second kappa shape index (κ2) is 5.54. The Morgan fingerprint density at radius 3 is 2.14 bits per heavy atom. The van der Waals surface area contributed by atoms with E-state index in [1.165, 1.54) is 32.1 Å². The van der Waals surface area contributed by atoms with Gasteiger partial charge >= 0.3 is 5.97 Å². The lowest BCUT2D eigenvalue weighted by Gasteiger charge is -2.22. The Hall–Kier alpha value is -1.06. The predicted octanol–water partition coefficient (Wildman–Crippen LogP) is 2.77. The van der Waals surface area contributed by atoms with Crippen molar-refractivity contribution in [2.45, 2.75) is 51.4 Å². The first-order valence-corrected chi connectivity index (χ1v) is 9.16. The van der Waals surface area contributed by atoms with Crippen LogP contribution in [0.3, 0.4) is 0 Å². The van der Waals surface area contributed by atoms with E-state index in [-0.39, 0.29) is 23.7 Å². The molecule has 4 fully saturated rings. The topological polar surface area (TPSA) is 57.6 Å². The van der Waals surface area contributed by atoms with E-state index in [9.17, 15) is 14.7 Å². The zero-order valence-corrected chi connectivity index (χ0v) is 13.2. The summed E-state index contributed by atoms with van der Waals surface area (Å²) in [4.78, 5) is 26.1. The second-order valence-electron chi connectivity index (χ2n) is 8.09. The van der Waals surface area contributed by atoms with E-state index in [4.69, 9.17) is 0 Å². The summed E-state index contributed by atoms with van der Waals surface area (Å²) in [6, 6.07) is 0. The van der Waals surface area contributed by atoms with Gasteiger partial charge in [-0.1, -0.05) is 32.1 Å². The van der Waals surface area contributed by atoms with Crippen molar-refractivity contribution in [2.75, 3.05) is 13.1 Å². The second-order valence-corrected chi connectivity index (χ2v) is 8.09. The van der Waals surface area contributed by atoms with E-state index < -0.39 is 5.97 Å². The largest absolute Gasteiger partial charge is 0.481 e. The van der Waals surface area contributed by atoms with Crippen LogP contribution in [0.1, 0.15) is 51.4 Å². The summed E-state index contributed by atoms with van der Waals surface area (Å²) < 4.78 is 0. The van der Waals surface area contributed by atoms with Crippen LogP contribution < -0.4 is 0 Å². The number of carboxylic acid groups (broad SMARTS) is 1. The molecule has 0 aromatic carbocycles. The van der Waals surface area contributed by atoms with Crippen LogP contribution in [0.15, 0.2) is 0 Å². The van der Waals surface area contributed by atoms with Gasteiger partial charge < -0.3 is 10.0 Å². The van der Waals surface area contributed by atoms with Gasteiger partial charge in [0.05, 0.1) is 5.92 Å². The van der Waals surface area contributed by atoms with Crippen molar-refractivity contribution in [1.29, 1.82) is 0 Å². The van der Waals surface area contributed by atoms with Crippen LogP contribution in [0.4, 0.5) is 0 Å². The molecule has 4 aliphatic rings. The molecule has 122 valence electrons. The van der Waals surface area contributed by atoms with Crippen molar-refractivity contribution in [3.8, 4) is 0 Å². The Morgan fingerprint density at radius 2 is 1.50 bits per heavy atom. The number of rotatable bonds is 4. The average molecular weight is 305 g/mol. The van der Waals surface area contributed by atoms with Gasteiger partial charge in [-0.25, -0.2) is 0 Å². The molecule has 0 aromatic heterocycles. The molecule has 4 rings (SSSR count). The van der Waals surface area contributed by atoms with Crippen LogP contribution in [0.25, 0.3) is 0 Å². The van der Waals surface area contributed by atoms with Gasteiger partial charge in [0.2, 0.25) is 5.91 Å². The van der Waals surface area contributed by atoms with Crippen LogP contribution in [0.2, 0.25) is 0 Å². The molecule has 1 saturated heterocycles. The van der Waals surface area contributed by atoms with E-state index in [1.54, 1.807) is 0 Å². The third-order valence-electron chi connectivity index (χ3n) is 6.63. The fourth-order valence-corrected chi connectivity index (χ4v) is 5.09. The molecule has 1 aliphatic heterocycles. The molecular formula is C18H27NO3. The van der Waals surface area contributed by atoms with Crippen molar-refractivity contribution < 1.29 is 14.7 Å². The lowest BCUT2D eigenvalue weighted by Crippen LogP contribution is -2.32. The van der Waals surface area contributed by atoms with Gasteiger partial charge in [0.25, 0.3) is 0 Å². The van der Waals surface area contributed by atoms with Gasteiger partial charge in [-0.15, -0.1) is 0 Å². The van der Waals surface area contributed by atoms with Crippen molar-refractivity contribution in [1.82, 2.24) is 4.90 Å². The molecule has 3 aliphatic carbocycles. The van der Waals surface area contributed by atoms with Crippen LogP contribution in [0, 0.1) is 35.5 Å². The third-order valence-corrected chi connectivity index (χ3v) is 6.63. The van der Waals surface area contributed by atoms with Gasteiger partial charge in [-0.3, -0.25) is 9.59 Å². The van der Waals surface area contributed by atoms with E-state index in [0.29, 0.717) is 24.9 Å². The summed E-state index contributed by atoms with van der Waals surface area (Å²) in [6.07, 6.45) is 10.00. The SMILES string of the molecule is O=C(O)[C@H]1CN(C(=O)C2CC2C2CCCCC2)C[C@@H]1C1CC1. The minimum absolute atomic E-state index is 0.216. The number of hydrogen-bond acceptors (Lipinski definition) is 2. The Balaban J connectivity index is 1.36. The molecule has 0 bridgehead atoms. The summed E-state index contributed by atoms with van der Waals surface area (Å²) in [5.41, 5.74) is 0. The van der Waals surface area contributed by atoms with Crippen LogP contribution in [-0.4, -0.2) is 35.0 Å². The summed E-state index contributed by atoms with van der Waals surface area (Å²) in [5.74, 6) is 1.62. The summed E-state index contributed by atoms with van der Waals surface area (Å²) in [7, 11) is 0. The molecule has 2 unspecified atom stereocenters. The maximum absolute atomic E-state index is 12.8. The minimum atomic E-state index is -0.702. The molecule has 4 nitrogen and oxygen atoms in total. The van der Waals surface area contributed by atoms with Crippen LogP contribution in [0.5, 0.6) is 0 Å². The number of aliphatic carboxylic acids is 1. The van der Waals surface area contributed by atoms with E-state index >= 15 is 0 Å². The molecule has 1 heterocycles. The molecule has 4 atom stereocenters. The van der Waals surface area contributed by atoms with Crippen molar-refractivity contribution in [2.24, 2.45) is 35.5 Å². The predicted molar refractivity (Wildman–Crippen MR) is 82.1 cm³/mol. The molecule has 1 amide bonds. The van der Waals surface area contributed by atoms with Gasteiger partial charge in [0.1, 0.15) is 0 Å². The number of carbonyl (C=O) groups is 2. The van der Waals surface area contributed by atoms with Crippen LogP contribution in [-0.2, 0) is 9.59 Å². The smallest absolute Gasteiger partial charge is 0.308 e. The summed E-state index contributed by atoms with van der Waals surface area (Å²) >= 11 is 0. The highest BCUT2D eigenvalue weighted by atomic mass is 16.4. The summed E-state index contributed by atoms with van der Waals surface area (Å²) in [5, 5.41) is 9.43. The lowest BCUT2D eigenvalue weighted by molar-refractivity contribution is -0.142. The molecule has 0 spiro atoms. The summed E-state index contributed by atoms with van der Waals surface area (Å²) in [6.45, 7) is 1.16. The number of likely N-dealkylation sites (tertiary alicyclic amines) is 1. The lowest BCUT2D eigenvalue weighted by atomic mass is 9.85. The van der Waals surface area contributed by atoms with Gasteiger partial charge in [-0.2, -0.15) is 0 Å². The van der Waals surface area contributed by atoms with Crippen molar-refractivity contribution >= 4 is 11.9 Å². The first-order chi connectivity index (χ1) is 10.6. The minimum Gasteiger partial charge on any atom is -0.481 e. The number of nitrogens with zero attached hydrogens (tertiary/aromatic N) is 1. The van der Waals surface area contributed by atoms with Gasteiger partial charge in [0.15, 0.2) is 0 Å². The molecule has 1 N–H and O–H groups in total. The number of carboxylic acids is 1. The quantitative estimate of drug-likeness (QED) is 0.869. The van der Waals surface area contributed by atoms with E-state index in [0.717, 1.165) is 25.2 Å². The zero-order valence-electron chi connectivity index (χ0n) is 13.2. The Bertz CT molecular complexity index is 467.